The van der Waals surface area contributed by atoms with E-state index in [-0.39, 0.29) is 11.8 Å². The average molecular weight is 282 g/mol. The molecular formula is C12H18N4O2S. The molecular weight excluding hydrogens is 264 g/mol. The van der Waals surface area contributed by atoms with E-state index in [4.69, 9.17) is 5.73 Å². The monoisotopic (exact) mass is 282 g/mol. The molecule has 2 rings (SSSR count). The van der Waals surface area contributed by atoms with Crippen LogP contribution in [0.25, 0.3) is 0 Å². The highest BCUT2D eigenvalue weighted by molar-refractivity contribution is 7.13. The molecule has 0 saturated carbocycles. The van der Waals surface area contributed by atoms with Gasteiger partial charge in [-0.3, -0.25) is 9.59 Å². The topological polar surface area (TPSA) is 88.3 Å². The predicted molar refractivity (Wildman–Crippen MR) is 73.8 cm³/mol. The van der Waals surface area contributed by atoms with Gasteiger partial charge >= 0.3 is 0 Å². The number of likely N-dealkylation sites (tertiary alicyclic amines) is 1. The van der Waals surface area contributed by atoms with Crippen LogP contribution in [0.3, 0.4) is 0 Å². The molecule has 0 spiro atoms. The third-order valence-corrected chi connectivity index (χ3v) is 4.04. The number of nitrogen functional groups attached to an aromatic ring is 1. The number of amides is 2. The Morgan fingerprint density at radius 1 is 1.53 bits per heavy atom. The maximum Gasteiger partial charge on any atom is 0.270 e. The summed E-state index contributed by atoms with van der Waals surface area (Å²) >= 11 is 1.26. The van der Waals surface area contributed by atoms with Crippen molar-refractivity contribution in [2.24, 2.45) is 5.92 Å². The minimum absolute atomic E-state index is 0.125. The van der Waals surface area contributed by atoms with E-state index < -0.39 is 0 Å². The molecule has 0 bridgehead atoms. The number of rotatable bonds is 3. The van der Waals surface area contributed by atoms with Crippen molar-refractivity contribution in [1.82, 2.24) is 15.2 Å². The number of hydrogen-bond donors (Lipinski definition) is 2. The van der Waals surface area contributed by atoms with Gasteiger partial charge in [0.2, 0.25) is 5.91 Å². The van der Waals surface area contributed by atoms with Crippen LogP contribution in [0.5, 0.6) is 0 Å². The van der Waals surface area contributed by atoms with Crippen molar-refractivity contribution < 1.29 is 9.59 Å². The smallest absolute Gasteiger partial charge is 0.270 e. The first-order valence-corrected chi connectivity index (χ1v) is 7.19. The molecule has 2 amide bonds. The minimum Gasteiger partial charge on any atom is -0.375 e. The molecule has 3 N–H and O–H groups in total. The third kappa shape index (κ3) is 3.66. The number of thiazole rings is 1. The summed E-state index contributed by atoms with van der Waals surface area (Å²) in [6.45, 7) is 3.77. The molecule has 2 heterocycles. The van der Waals surface area contributed by atoms with E-state index in [0.717, 1.165) is 25.9 Å². The van der Waals surface area contributed by atoms with Gasteiger partial charge in [-0.2, -0.15) is 0 Å². The Morgan fingerprint density at radius 2 is 2.21 bits per heavy atom. The van der Waals surface area contributed by atoms with Crippen molar-refractivity contribution in [3.63, 3.8) is 0 Å². The van der Waals surface area contributed by atoms with Crippen LogP contribution in [0.4, 0.5) is 5.13 Å². The van der Waals surface area contributed by atoms with E-state index >= 15 is 0 Å². The van der Waals surface area contributed by atoms with Crippen molar-refractivity contribution in [3.05, 3.63) is 11.1 Å². The molecule has 1 fully saturated rings. The van der Waals surface area contributed by atoms with Crippen molar-refractivity contribution in [1.29, 1.82) is 0 Å². The second-order valence-corrected chi connectivity index (χ2v) is 5.62. The Kier molecular flexibility index (Phi) is 4.36. The fourth-order valence-electron chi connectivity index (χ4n) is 2.17. The molecule has 0 atom stereocenters. The number of hydrogen-bond acceptors (Lipinski definition) is 5. The zero-order chi connectivity index (χ0) is 13.8. The number of carbonyl (C=O) groups excluding carboxylic acids is 2. The van der Waals surface area contributed by atoms with Gasteiger partial charge < -0.3 is 16.0 Å². The first-order valence-electron chi connectivity index (χ1n) is 6.31. The van der Waals surface area contributed by atoms with Gasteiger partial charge in [-0.25, -0.2) is 4.98 Å². The van der Waals surface area contributed by atoms with Crippen LogP contribution in [0.15, 0.2) is 5.38 Å². The van der Waals surface area contributed by atoms with Crippen LogP contribution < -0.4 is 11.1 Å². The van der Waals surface area contributed by atoms with Gasteiger partial charge in [0.05, 0.1) is 0 Å². The summed E-state index contributed by atoms with van der Waals surface area (Å²) in [7, 11) is 0. The molecule has 1 saturated heterocycles. The van der Waals surface area contributed by atoms with E-state index in [0.29, 0.717) is 23.3 Å². The Bertz CT molecular complexity index is 466. The second kappa shape index (κ2) is 6.01. The highest BCUT2D eigenvalue weighted by atomic mass is 32.1. The molecule has 19 heavy (non-hydrogen) atoms. The molecule has 0 aromatic carbocycles. The van der Waals surface area contributed by atoms with Gasteiger partial charge in [0.15, 0.2) is 5.13 Å². The molecule has 1 aliphatic heterocycles. The lowest BCUT2D eigenvalue weighted by Crippen LogP contribution is -2.40. The summed E-state index contributed by atoms with van der Waals surface area (Å²) in [6.07, 6.45) is 1.86. The quantitative estimate of drug-likeness (QED) is 0.854. The zero-order valence-electron chi connectivity index (χ0n) is 10.9. The van der Waals surface area contributed by atoms with Crippen molar-refractivity contribution in [2.75, 3.05) is 25.4 Å². The third-order valence-electron chi connectivity index (χ3n) is 3.37. The summed E-state index contributed by atoms with van der Waals surface area (Å²) in [4.78, 5) is 28.8. The maximum atomic E-state index is 11.8. The van der Waals surface area contributed by atoms with E-state index in [9.17, 15) is 9.59 Å². The number of nitrogens with one attached hydrogen (secondary N) is 1. The highest BCUT2D eigenvalue weighted by Crippen LogP contribution is 2.17. The lowest BCUT2D eigenvalue weighted by atomic mass is 9.97. The van der Waals surface area contributed by atoms with Crippen LogP contribution in [-0.2, 0) is 4.79 Å². The van der Waals surface area contributed by atoms with Gasteiger partial charge in [0.1, 0.15) is 5.69 Å². The first-order chi connectivity index (χ1) is 9.06. The fraction of sp³-hybridized carbons (Fsp3) is 0.583. The summed E-state index contributed by atoms with van der Waals surface area (Å²) in [5.41, 5.74) is 5.87. The maximum absolute atomic E-state index is 11.8. The van der Waals surface area contributed by atoms with Crippen LogP contribution in [0.2, 0.25) is 0 Å². The standard InChI is InChI=1S/C12H18N4O2S/c1-8(17)16-4-2-9(3-5-16)6-14-11(18)10-7-19-12(13)15-10/h7,9H,2-6H2,1H3,(H2,13,15)(H,14,18). The van der Waals surface area contributed by atoms with E-state index in [1.165, 1.54) is 11.3 Å². The Morgan fingerprint density at radius 3 is 2.74 bits per heavy atom. The highest BCUT2D eigenvalue weighted by Gasteiger charge is 2.21. The van der Waals surface area contributed by atoms with Gasteiger partial charge in [0.25, 0.3) is 5.91 Å². The molecule has 0 aliphatic carbocycles. The second-order valence-electron chi connectivity index (χ2n) is 4.73. The average Bonchev–Trinajstić information content (AvgIpc) is 2.83. The van der Waals surface area contributed by atoms with E-state index in [2.05, 4.69) is 10.3 Å². The van der Waals surface area contributed by atoms with Gasteiger partial charge in [-0.1, -0.05) is 0 Å². The molecule has 1 aromatic rings. The summed E-state index contributed by atoms with van der Waals surface area (Å²) in [5, 5.41) is 4.93. The SMILES string of the molecule is CC(=O)N1CCC(CNC(=O)c2csc(N)n2)CC1. The van der Waals surface area contributed by atoms with Crippen LogP contribution in [-0.4, -0.2) is 41.3 Å². The Labute approximate surface area is 116 Å². The molecule has 1 aliphatic rings. The summed E-state index contributed by atoms with van der Waals surface area (Å²) in [6, 6.07) is 0. The largest absolute Gasteiger partial charge is 0.375 e. The van der Waals surface area contributed by atoms with Gasteiger partial charge in [-0.05, 0) is 18.8 Å². The fourth-order valence-corrected chi connectivity index (χ4v) is 2.71. The van der Waals surface area contributed by atoms with Crippen molar-refractivity contribution in [2.45, 2.75) is 19.8 Å². The molecule has 7 heteroatoms. The lowest BCUT2D eigenvalue weighted by Gasteiger charge is -2.31. The lowest BCUT2D eigenvalue weighted by molar-refractivity contribution is -0.130. The summed E-state index contributed by atoms with van der Waals surface area (Å²) < 4.78 is 0. The Hall–Kier alpha value is -1.63. The molecule has 104 valence electrons. The number of nitrogens with two attached hydrogens (primary N) is 1. The predicted octanol–water partition coefficient (Wildman–Crippen LogP) is 0.714. The molecule has 6 nitrogen and oxygen atoms in total. The molecule has 1 aromatic heterocycles. The van der Waals surface area contributed by atoms with Crippen molar-refractivity contribution >= 4 is 28.3 Å². The normalized spacial score (nSPS) is 16.4. The number of carbonyl (C=O) groups is 2. The first kappa shape index (κ1) is 13.8. The Balaban J connectivity index is 1.75. The van der Waals surface area contributed by atoms with E-state index in [1.54, 1.807) is 12.3 Å². The van der Waals surface area contributed by atoms with Crippen LogP contribution in [0, 0.1) is 5.92 Å². The van der Waals surface area contributed by atoms with Crippen LogP contribution in [0.1, 0.15) is 30.3 Å². The molecule has 0 unspecified atom stereocenters. The van der Waals surface area contributed by atoms with Crippen molar-refractivity contribution in [3.8, 4) is 0 Å². The number of nitrogens with zero attached hydrogens (tertiary/aromatic N) is 2. The number of aromatic nitrogens is 1. The zero-order valence-corrected chi connectivity index (χ0v) is 11.7. The van der Waals surface area contributed by atoms with Crippen LogP contribution >= 0.6 is 11.3 Å². The van der Waals surface area contributed by atoms with Gasteiger partial charge in [0, 0.05) is 31.9 Å². The number of piperidine rings is 1. The van der Waals surface area contributed by atoms with E-state index in [1.807, 2.05) is 4.90 Å². The minimum atomic E-state index is -0.179. The van der Waals surface area contributed by atoms with Gasteiger partial charge in [-0.15, -0.1) is 11.3 Å². The summed E-state index contributed by atoms with van der Waals surface area (Å²) in [5.74, 6) is 0.373. The molecule has 0 radical (unpaired) electrons. The number of anilines is 1.